The van der Waals surface area contributed by atoms with Gasteiger partial charge in [-0.25, -0.2) is 8.78 Å². The second-order valence-electron chi connectivity index (χ2n) is 5.67. The van der Waals surface area contributed by atoms with Gasteiger partial charge in [-0.1, -0.05) is 29.3 Å². The molecule has 0 aromatic heterocycles. The van der Waals surface area contributed by atoms with Gasteiger partial charge < -0.3 is 5.32 Å². The number of hydrogen-bond acceptors (Lipinski definition) is 1. The first-order valence-corrected chi connectivity index (χ1v) is 7.84. The lowest BCUT2D eigenvalue weighted by atomic mass is 9.82. The van der Waals surface area contributed by atoms with Crippen LogP contribution < -0.4 is 5.32 Å². The zero-order valence-corrected chi connectivity index (χ0v) is 13.5. The van der Waals surface area contributed by atoms with E-state index in [-0.39, 0.29) is 21.9 Å². The minimum Gasteiger partial charge on any atom is -0.315 e. The van der Waals surface area contributed by atoms with E-state index in [2.05, 4.69) is 5.32 Å². The van der Waals surface area contributed by atoms with Gasteiger partial charge in [-0.05, 0) is 47.9 Å². The van der Waals surface area contributed by atoms with Crippen LogP contribution in [0, 0.1) is 18.6 Å². The highest BCUT2D eigenvalue weighted by Crippen LogP contribution is 2.39. The van der Waals surface area contributed by atoms with Crippen LogP contribution in [0.5, 0.6) is 0 Å². The lowest BCUT2D eigenvalue weighted by Gasteiger charge is -2.22. The highest BCUT2D eigenvalue weighted by atomic mass is 35.5. The highest BCUT2D eigenvalue weighted by Gasteiger charge is 2.31. The molecule has 116 valence electrons. The predicted molar refractivity (Wildman–Crippen MR) is 85.9 cm³/mol. The zero-order chi connectivity index (χ0) is 15.9. The first kappa shape index (κ1) is 15.7. The highest BCUT2D eigenvalue weighted by molar-refractivity contribution is 6.31. The number of halogens is 4. The van der Waals surface area contributed by atoms with Crippen LogP contribution >= 0.6 is 23.2 Å². The van der Waals surface area contributed by atoms with E-state index in [0.717, 1.165) is 29.8 Å². The molecule has 0 saturated carbocycles. The largest absolute Gasteiger partial charge is 0.315 e. The van der Waals surface area contributed by atoms with Crippen molar-refractivity contribution in [3.63, 3.8) is 0 Å². The molecule has 0 bridgehead atoms. The van der Waals surface area contributed by atoms with Crippen LogP contribution in [0.15, 0.2) is 30.3 Å². The monoisotopic (exact) mass is 341 g/mol. The summed E-state index contributed by atoms with van der Waals surface area (Å²) in [5, 5.41) is 3.57. The van der Waals surface area contributed by atoms with Gasteiger partial charge in [-0.15, -0.1) is 0 Å². The average molecular weight is 342 g/mol. The van der Waals surface area contributed by atoms with Crippen molar-refractivity contribution in [1.82, 2.24) is 5.32 Å². The van der Waals surface area contributed by atoms with Gasteiger partial charge in [-0.2, -0.15) is 0 Å². The van der Waals surface area contributed by atoms with Crippen LogP contribution in [0.1, 0.15) is 28.5 Å². The Bertz CT molecular complexity index is 718. The van der Waals surface area contributed by atoms with Crippen molar-refractivity contribution in [3.8, 4) is 0 Å². The van der Waals surface area contributed by atoms with E-state index in [1.54, 1.807) is 18.2 Å². The molecule has 1 nitrogen and oxygen atoms in total. The maximum atomic E-state index is 13.8. The van der Waals surface area contributed by atoms with Crippen LogP contribution in [-0.2, 0) is 0 Å². The second-order valence-corrected chi connectivity index (χ2v) is 6.48. The first-order chi connectivity index (χ1) is 10.5. The van der Waals surface area contributed by atoms with Crippen LogP contribution in [0.2, 0.25) is 10.0 Å². The van der Waals surface area contributed by atoms with Gasteiger partial charge in [0, 0.05) is 24.9 Å². The number of hydrogen-bond donors (Lipinski definition) is 1. The van der Waals surface area contributed by atoms with Crippen molar-refractivity contribution < 1.29 is 8.78 Å². The smallest absolute Gasteiger partial charge is 0.142 e. The molecule has 0 radical (unpaired) electrons. The zero-order valence-electron chi connectivity index (χ0n) is 12.0. The minimum absolute atomic E-state index is 0.105. The van der Waals surface area contributed by atoms with Crippen molar-refractivity contribution in [3.05, 3.63) is 68.7 Å². The van der Waals surface area contributed by atoms with Crippen molar-refractivity contribution in [2.24, 2.45) is 0 Å². The molecule has 1 heterocycles. The molecule has 0 aliphatic carbocycles. The Labute approximate surface area is 138 Å². The SMILES string of the molecule is Cc1cc(Cl)c(F)cc1[C@@H]1CNC[C@@H]1c1ccc(F)c(Cl)c1. The van der Waals surface area contributed by atoms with Gasteiger partial charge >= 0.3 is 0 Å². The van der Waals surface area contributed by atoms with E-state index in [4.69, 9.17) is 23.2 Å². The topological polar surface area (TPSA) is 12.0 Å². The molecule has 1 aliphatic rings. The molecule has 1 fully saturated rings. The third-order valence-electron chi connectivity index (χ3n) is 4.29. The van der Waals surface area contributed by atoms with E-state index in [1.807, 2.05) is 6.92 Å². The Hall–Kier alpha value is -1.16. The first-order valence-electron chi connectivity index (χ1n) is 7.08. The summed E-state index contributed by atoms with van der Waals surface area (Å²) in [6, 6.07) is 7.94. The lowest BCUT2D eigenvalue weighted by molar-refractivity contribution is 0.608. The van der Waals surface area contributed by atoms with Gasteiger partial charge in [0.1, 0.15) is 11.6 Å². The summed E-state index contributed by atoms with van der Waals surface area (Å²) in [5.74, 6) is -0.614. The fourth-order valence-corrected chi connectivity index (χ4v) is 3.57. The standard InChI is InChI=1S/C17H15Cl2F2N/c1-9-4-14(18)17(21)6-11(9)13-8-22-7-12(13)10-2-3-16(20)15(19)5-10/h2-6,12-13,22H,7-8H2,1H3/t12-,13+/m1/s1. The molecule has 0 amide bonds. The van der Waals surface area contributed by atoms with E-state index >= 15 is 0 Å². The fourth-order valence-electron chi connectivity index (χ4n) is 3.16. The Morgan fingerprint density at radius 3 is 2.36 bits per heavy atom. The fraction of sp³-hybridized carbons (Fsp3) is 0.294. The Balaban J connectivity index is 2.00. The van der Waals surface area contributed by atoms with Crippen LogP contribution in [0.3, 0.4) is 0 Å². The van der Waals surface area contributed by atoms with Crippen molar-refractivity contribution in [1.29, 1.82) is 0 Å². The van der Waals surface area contributed by atoms with Gasteiger partial charge in [0.25, 0.3) is 0 Å². The number of nitrogens with one attached hydrogen (secondary N) is 1. The summed E-state index contributed by atoms with van der Waals surface area (Å²) in [6.07, 6.45) is 0. The maximum Gasteiger partial charge on any atom is 0.142 e. The molecule has 5 heteroatoms. The molecular weight excluding hydrogens is 327 g/mol. The Morgan fingerprint density at radius 1 is 0.955 bits per heavy atom. The molecule has 3 rings (SSSR count). The molecule has 0 unspecified atom stereocenters. The van der Waals surface area contributed by atoms with E-state index in [1.165, 1.54) is 12.1 Å². The summed E-state index contributed by atoms with van der Waals surface area (Å²) >= 11 is 11.7. The number of rotatable bonds is 2. The third-order valence-corrected chi connectivity index (χ3v) is 4.87. The maximum absolute atomic E-state index is 13.8. The van der Waals surface area contributed by atoms with Gasteiger partial charge in [0.15, 0.2) is 0 Å². The van der Waals surface area contributed by atoms with Crippen LogP contribution in [-0.4, -0.2) is 13.1 Å². The van der Waals surface area contributed by atoms with E-state index in [0.29, 0.717) is 0 Å². The van der Waals surface area contributed by atoms with Crippen molar-refractivity contribution in [2.75, 3.05) is 13.1 Å². The Kier molecular flexibility index (Phi) is 4.40. The normalized spacial score (nSPS) is 21.3. The van der Waals surface area contributed by atoms with Crippen LogP contribution in [0.4, 0.5) is 8.78 Å². The molecule has 1 N–H and O–H groups in total. The molecule has 1 saturated heterocycles. The van der Waals surface area contributed by atoms with Gasteiger partial charge in [0.05, 0.1) is 10.0 Å². The van der Waals surface area contributed by atoms with E-state index < -0.39 is 11.6 Å². The summed E-state index contributed by atoms with van der Waals surface area (Å²) in [6.45, 7) is 3.41. The van der Waals surface area contributed by atoms with E-state index in [9.17, 15) is 8.78 Å². The predicted octanol–water partition coefficient (Wildman–Crippen LogP) is 5.05. The number of benzene rings is 2. The molecular formula is C17H15Cl2F2N. The van der Waals surface area contributed by atoms with Gasteiger partial charge in [0.2, 0.25) is 0 Å². The molecule has 2 atom stereocenters. The molecule has 2 aromatic carbocycles. The quantitative estimate of drug-likeness (QED) is 0.805. The molecule has 2 aromatic rings. The lowest BCUT2D eigenvalue weighted by Crippen LogP contribution is -2.11. The summed E-state index contributed by atoms with van der Waals surface area (Å²) < 4.78 is 27.2. The third kappa shape index (κ3) is 2.85. The second kappa shape index (κ2) is 6.15. The summed E-state index contributed by atoms with van der Waals surface area (Å²) in [5.41, 5.74) is 2.84. The average Bonchev–Trinajstić information content (AvgIpc) is 2.95. The number of aryl methyl sites for hydroxylation is 1. The van der Waals surface area contributed by atoms with Crippen LogP contribution in [0.25, 0.3) is 0 Å². The summed E-state index contributed by atoms with van der Waals surface area (Å²) in [4.78, 5) is 0. The summed E-state index contributed by atoms with van der Waals surface area (Å²) in [7, 11) is 0. The minimum atomic E-state index is -0.429. The molecule has 0 spiro atoms. The Morgan fingerprint density at radius 2 is 1.64 bits per heavy atom. The molecule has 22 heavy (non-hydrogen) atoms. The molecule has 1 aliphatic heterocycles. The van der Waals surface area contributed by atoms with Crippen molar-refractivity contribution >= 4 is 23.2 Å². The van der Waals surface area contributed by atoms with Gasteiger partial charge in [-0.3, -0.25) is 0 Å². The van der Waals surface area contributed by atoms with Crippen molar-refractivity contribution in [2.45, 2.75) is 18.8 Å².